The monoisotopic (exact) mass is 355 g/mol. The maximum Gasteiger partial charge on any atom is 0.191 e. The molecular formula is C20H45N5. The molecule has 0 bridgehead atoms. The first kappa shape index (κ1) is 24.2. The van der Waals surface area contributed by atoms with Crippen molar-refractivity contribution in [1.29, 1.82) is 0 Å². The van der Waals surface area contributed by atoms with Crippen molar-refractivity contribution in [3.63, 3.8) is 0 Å². The molecule has 0 aromatic heterocycles. The summed E-state index contributed by atoms with van der Waals surface area (Å²) in [6.07, 6.45) is 3.54. The van der Waals surface area contributed by atoms with E-state index in [0.717, 1.165) is 51.6 Å². The summed E-state index contributed by atoms with van der Waals surface area (Å²) in [6.45, 7) is 23.1. The quantitative estimate of drug-likeness (QED) is 0.285. The molecule has 0 aromatic rings. The van der Waals surface area contributed by atoms with E-state index < -0.39 is 0 Å². The fourth-order valence-corrected chi connectivity index (χ4v) is 3.11. The Morgan fingerprint density at radius 2 is 1.48 bits per heavy atom. The molecule has 0 saturated heterocycles. The number of unbranched alkanes of at least 4 members (excludes halogenated alkanes) is 1. The van der Waals surface area contributed by atoms with E-state index in [2.05, 4.69) is 68.9 Å². The molecule has 25 heavy (non-hydrogen) atoms. The van der Waals surface area contributed by atoms with E-state index in [1.54, 1.807) is 0 Å². The largest absolute Gasteiger partial charge is 0.357 e. The maximum absolute atomic E-state index is 4.73. The molecule has 0 aliphatic carbocycles. The van der Waals surface area contributed by atoms with Crippen LogP contribution in [0, 0.1) is 0 Å². The number of hydrogen-bond acceptors (Lipinski definition) is 3. The van der Waals surface area contributed by atoms with Gasteiger partial charge in [0.2, 0.25) is 0 Å². The molecule has 0 amide bonds. The van der Waals surface area contributed by atoms with Gasteiger partial charge in [0, 0.05) is 38.3 Å². The average Bonchev–Trinajstić information content (AvgIpc) is 2.57. The predicted molar refractivity (Wildman–Crippen MR) is 113 cm³/mol. The summed E-state index contributed by atoms with van der Waals surface area (Å²) in [7, 11) is 0. The lowest BCUT2D eigenvalue weighted by atomic mass is 10.2. The normalized spacial score (nSPS) is 12.7. The first-order valence-electron chi connectivity index (χ1n) is 10.5. The average molecular weight is 356 g/mol. The second-order valence-electron chi connectivity index (χ2n) is 7.20. The van der Waals surface area contributed by atoms with E-state index in [9.17, 15) is 0 Å². The Morgan fingerprint density at radius 1 is 0.840 bits per heavy atom. The fourth-order valence-electron chi connectivity index (χ4n) is 3.11. The number of aliphatic imine (C=N–C) groups is 1. The van der Waals surface area contributed by atoms with Crippen molar-refractivity contribution in [2.45, 2.75) is 79.8 Å². The topological polar surface area (TPSA) is 42.9 Å². The summed E-state index contributed by atoms with van der Waals surface area (Å²) in [5.74, 6) is 0.964. The summed E-state index contributed by atoms with van der Waals surface area (Å²) in [4.78, 5) is 9.74. The number of hydrogen-bond donors (Lipinski definition) is 2. The molecule has 0 saturated carbocycles. The van der Waals surface area contributed by atoms with Crippen LogP contribution in [0.2, 0.25) is 0 Å². The van der Waals surface area contributed by atoms with E-state index in [1.165, 1.54) is 19.4 Å². The van der Waals surface area contributed by atoms with Crippen molar-refractivity contribution in [3.05, 3.63) is 0 Å². The van der Waals surface area contributed by atoms with Gasteiger partial charge in [-0.15, -0.1) is 0 Å². The molecule has 150 valence electrons. The smallest absolute Gasteiger partial charge is 0.191 e. The zero-order valence-electron chi connectivity index (χ0n) is 18.1. The zero-order chi connectivity index (χ0) is 19.1. The molecule has 0 spiro atoms. The summed E-state index contributed by atoms with van der Waals surface area (Å²) in [6, 6.07) is 1.20. The molecule has 0 aliphatic rings. The number of nitrogens with zero attached hydrogens (tertiary/aromatic N) is 3. The van der Waals surface area contributed by atoms with Gasteiger partial charge < -0.3 is 15.5 Å². The lowest BCUT2D eigenvalue weighted by Gasteiger charge is -2.30. The third-order valence-electron chi connectivity index (χ3n) is 4.60. The third-order valence-corrected chi connectivity index (χ3v) is 4.60. The Hall–Kier alpha value is -0.810. The molecule has 5 nitrogen and oxygen atoms in total. The van der Waals surface area contributed by atoms with Crippen molar-refractivity contribution >= 4 is 5.96 Å². The van der Waals surface area contributed by atoms with Crippen LogP contribution in [0.5, 0.6) is 0 Å². The van der Waals surface area contributed by atoms with E-state index >= 15 is 0 Å². The second kappa shape index (κ2) is 15.4. The van der Waals surface area contributed by atoms with Crippen LogP contribution in [0.3, 0.4) is 0 Å². The molecular weight excluding hydrogens is 310 g/mol. The van der Waals surface area contributed by atoms with Crippen molar-refractivity contribution in [1.82, 2.24) is 20.4 Å². The summed E-state index contributed by atoms with van der Waals surface area (Å²) in [5, 5.41) is 6.82. The summed E-state index contributed by atoms with van der Waals surface area (Å²) >= 11 is 0. The number of guanidine groups is 1. The molecule has 2 N–H and O–H groups in total. The molecule has 0 unspecified atom stereocenters. The third kappa shape index (κ3) is 12.2. The standard InChI is InChI=1S/C20H45N5/c1-8-21-20(22-14-11-12-16-24(9-2)10-3)23-15-13-17-25(18(4)5)19(6)7/h18-19H,8-17H2,1-7H3,(H2,21,22,23). The highest BCUT2D eigenvalue weighted by Gasteiger charge is 2.12. The lowest BCUT2D eigenvalue weighted by molar-refractivity contribution is 0.174. The van der Waals surface area contributed by atoms with Gasteiger partial charge in [-0.1, -0.05) is 13.8 Å². The summed E-state index contributed by atoms with van der Waals surface area (Å²) in [5.41, 5.74) is 0. The van der Waals surface area contributed by atoms with Gasteiger partial charge >= 0.3 is 0 Å². The van der Waals surface area contributed by atoms with E-state index in [0.29, 0.717) is 12.1 Å². The highest BCUT2D eigenvalue weighted by molar-refractivity contribution is 5.79. The van der Waals surface area contributed by atoms with Gasteiger partial charge in [-0.3, -0.25) is 9.89 Å². The van der Waals surface area contributed by atoms with Crippen LogP contribution >= 0.6 is 0 Å². The molecule has 0 fully saturated rings. The van der Waals surface area contributed by atoms with Gasteiger partial charge in [-0.05, 0) is 73.5 Å². The van der Waals surface area contributed by atoms with Crippen LogP contribution in [0.4, 0.5) is 0 Å². The minimum atomic E-state index is 0.598. The molecule has 0 rings (SSSR count). The Bertz CT molecular complexity index is 316. The predicted octanol–water partition coefficient (Wildman–Crippen LogP) is 3.17. The SMILES string of the molecule is CCNC(=NCCCN(C(C)C)C(C)C)NCCCCN(CC)CC. The van der Waals surface area contributed by atoms with Gasteiger partial charge in [0.25, 0.3) is 0 Å². The molecule has 0 atom stereocenters. The molecule has 0 heterocycles. The van der Waals surface area contributed by atoms with Crippen molar-refractivity contribution in [3.8, 4) is 0 Å². The highest BCUT2D eigenvalue weighted by Crippen LogP contribution is 2.05. The highest BCUT2D eigenvalue weighted by atomic mass is 15.2. The van der Waals surface area contributed by atoms with Crippen LogP contribution < -0.4 is 10.6 Å². The van der Waals surface area contributed by atoms with Gasteiger partial charge in [0.05, 0.1) is 0 Å². The first-order valence-corrected chi connectivity index (χ1v) is 10.5. The Labute approximate surface area is 157 Å². The minimum absolute atomic E-state index is 0.598. The van der Waals surface area contributed by atoms with E-state index in [4.69, 9.17) is 4.99 Å². The van der Waals surface area contributed by atoms with Gasteiger partial charge in [-0.25, -0.2) is 0 Å². The van der Waals surface area contributed by atoms with Gasteiger partial charge in [0.1, 0.15) is 0 Å². The van der Waals surface area contributed by atoms with Crippen LogP contribution in [0.15, 0.2) is 4.99 Å². The van der Waals surface area contributed by atoms with E-state index in [1.807, 2.05) is 0 Å². The minimum Gasteiger partial charge on any atom is -0.357 e. The van der Waals surface area contributed by atoms with Crippen molar-refractivity contribution < 1.29 is 0 Å². The van der Waals surface area contributed by atoms with E-state index in [-0.39, 0.29) is 0 Å². The first-order chi connectivity index (χ1) is 12.0. The number of rotatable bonds is 14. The second-order valence-corrected chi connectivity index (χ2v) is 7.20. The Kier molecular flexibility index (Phi) is 14.9. The summed E-state index contributed by atoms with van der Waals surface area (Å²) < 4.78 is 0. The van der Waals surface area contributed by atoms with Crippen LogP contribution in [0.25, 0.3) is 0 Å². The lowest BCUT2D eigenvalue weighted by Crippen LogP contribution is -2.39. The van der Waals surface area contributed by atoms with Gasteiger partial charge in [-0.2, -0.15) is 0 Å². The fraction of sp³-hybridized carbons (Fsp3) is 0.950. The van der Waals surface area contributed by atoms with Crippen molar-refractivity contribution in [2.24, 2.45) is 4.99 Å². The maximum atomic E-state index is 4.73. The van der Waals surface area contributed by atoms with Gasteiger partial charge in [0.15, 0.2) is 5.96 Å². The van der Waals surface area contributed by atoms with Crippen LogP contribution in [-0.4, -0.2) is 73.7 Å². The molecule has 5 heteroatoms. The molecule has 0 aromatic carbocycles. The van der Waals surface area contributed by atoms with Crippen LogP contribution in [-0.2, 0) is 0 Å². The van der Waals surface area contributed by atoms with Crippen LogP contribution in [0.1, 0.15) is 67.7 Å². The Balaban J connectivity index is 4.08. The zero-order valence-corrected chi connectivity index (χ0v) is 18.1. The molecule has 0 aliphatic heterocycles. The number of nitrogens with one attached hydrogen (secondary N) is 2. The van der Waals surface area contributed by atoms with Crippen molar-refractivity contribution in [2.75, 3.05) is 45.8 Å². The Morgan fingerprint density at radius 3 is 2.00 bits per heavy atom. The molecule has 0 radical (unpaired) electrons.